The first-order valence-electron chi connectivity index (χ1n) is 9.71. The first-order valence-corrected chi connectivity index (χ1v) is 9.71. The van der Waals surface area contributed by atoms with Gasteiger partial charge in [0.15, 0.2) is 0 Å². The van der Waals surface area contributed by atoms with E-state index in [2.05, 4.69) is 89.2 Å². The predicted molar refractivity (Wildman–Crippen MR) is 113 cm³/mol. The van der Waals surface area contributed by atoms with Crippen LogP contribution in [0.3, 0.4) is 0 Å². The Bertz CT molecular complexity index is 477. The van der Waals surface area contributed by atoms with E-state index in [9.17, 15) is 0 Å². The molecule has 0 amide bonds. The Balaban J connectivity index is 0. The second-order valence-corrected chi connectivity index (χ2v) is 5.75. The molecule has 136 valence electrons. The van der Waals surface area contributed by atoms with Crippen LogP contribution in [0.15, 0.2) is 54.6 Å². The lowest BCUT2D eigenvalue weighted by atomic mass is 9.78. The molecule has 0 bridgehead atoms. The lowest BCUT2D eigenvalue weighted by Gasteiger charge is -2.26. The smallest absolute Gasteiger partial charge is 0.0146 e. The number of rotatable bonds is 3. The molecule has 0 saturated carbocycles. The van der Waals surface area contributed by atoms with Crippen LogP contribution in [0.2, 0.25) is 0 Å². The van der Waals surface area contributed by atoms with Crippen molar-refractivity contribution in [2.24, 2.45) is 0 Å². The summed E-state index contributed by atoms with van der Waals surface area (Å²) in [5.41, 5.74) is 4.22. The van der Waals surface area contributed by atoms with Gasteiger partial charge in [0.2, 0.25) is 0 Å². The molecule has 0 nitrogen and oxygen atoms in total. The Morgan fingerprint density at radius 3 is 1.38 bits per heavy atom. The van der Waals surface area contributed by atoms with Crippen molar-refractivity contribution in [1.82, 2.24) is 0 Å². The molecule has 0 fully saturated rings. The molecular formula is C24H40. The van der Waals surface area contributed by atoms with E-state index in [-0.39, 0.29) is 5.41 Å². The van der Waals surface area contributed by atoms with Gasteiger partial charge in [-0.25, -0.2) is 0 Å². The SMILES string of the molecule is CC.CC.CCC.CCc1ccc(C(C)(C)c2ccccc2)cc1. The normalized spacial score (nSPS) is 9.38. The minimum atomic E-state index is 0.0769. The molecule has 0 unspecified atom stereocenters. The standard InChI is InChI=1S/C17H20.C3H8.2C2H6/c1-4-14-10-12-16(13-11-14)17(2,3)15-8-6-5-7-9-15;1-3-2;2*1-2/h5-13H,4H2,1-3H3;3H2,1-2H3;2*1-2H3. The Kier molecular flexibility index (Phi) is 15.4. The summed E-state index contributed by atoms with van der Waals surface area (Å²) in [6, 6.07) is 19.7. The van der Waals surface area contributed by atoms with Gasteiger partial charge in [0.1, 0.15) is 0 Å². The lowest BCUT2D eigenvalue weighted by Crippen LogP contribution is -2.18. The van der Waals surface area contributed by atoms with E-state index in [1.807, 2.05) is 27.7 Å². The maximum atomic E-state index is 2.28. The topological polar surface area (TPSA) is 0 Å². The van der Waals surface area contributed by atoms with E-state index in [4.69, 9.17) is 0 Å². The Morgan fingerprint density at radius 2 is 1.00 bits per heavy atom. The summed E-state index contributed by atoms with van der Waals surface area (Å²) in [6.45, 7) is 19.0. The quantitative estimate of drug-likeness (QED) is 0.534. The van der Waals surface area contributed by atoms with Gasteiger partial charge in [-0.05, 0) is 23.1 Å². The van der Waals surface area contributed by atoms with Crippen molar-refractivity contribution in [3.05, 3.63) is 71.3 Å². The second kappa shape index (κ2) is 15.0. The molecule has 0 atom stereocenters. The molecule has 24 heavy (non-hydrogen) atoms. The summed E-state index contributed by atoms with van der Waals surface area (Å²) in [6.07, 6.45) is 2.35. The molecule has 0 saturated heterocycles. The van der Waals surface area contributed by atoms with Gasteiger partial charge in [-0.2, -0.15) is 0 Å². The highest BCUT2D eigenvalue weighted by atomic mass is 14.3. The van der Waals surface area contributed by atoms with Crippen LogP contribution >= 0.6 is 0 Å². The van der Waals surface area contributed by atoms with Gasteiger partial charge in [-0.1, -0.05) is 123 Å². The van der Waals surface area contributed by atoms with Crippen molar-refractivity contribution in [1.29, 1.82) is 0 Å². The molecule has 2 aromatic rings. The lowest BCUT2D eigenvalue weighted by molar-refractivity contribution is 0.640. The van der Waals surface area contributed by atoms with E-state index in [1.54, 1.807) is 0 Å². The second-order valence-electron chi connectivity index (χ2n) is 5.75. The zero-order valence-corrected chi connectivity index (χ0v) is 17.6. The van der Waals surface area contributed by atoms with Gasteiger partial charge in [-0.15, -0.1) is 0 Å². The summed E-state index contributed by atoms with van der Waals surface area (Å²) in [7, 11) is 0. The first-order chi connectivity index (χ1) is 11.6. The van der Waals surface area contributed by atoms with Crippen LogP contribution in [0.5, 0.6) is 0 Å². The highest BCUT2D eigenvalue weighted by Crippen LogP contribution is 2.31. The average molecular weight is 329 g/mol. The minimum Gasteiger partial charge on any atom is -0.0683 e. The van der Waals surface area contributed by atoms with Gasteiger partial charge in [-0.3, -0.25) is 0 Å². The molecule has 2 aromatic carbocycles. The van der Waals surface area contributed by atoms with Crippen LogP contribution in [0.1, 0.15) is 85.4 Å². The maximum Gasteiger partial charge on any atom is 0.0146 e. The fourth-order valence-electron chi connectivity index (χ4n) is 2.18. The summed E-state index contributed by atoms with van der Waals surface area (Å²) < 4.78 is 0. The van der Waals surface area contributed by atoms with Crippen molar-refractivity contribution in [3.8, 4) is 0 Å². The molecule has 0 radical (unpaired) electrons. The molecule has 0 N–H and O–H groups in total. The minimum absolute atomic E-state index is 0.0769. The Morgan fingerprint density at radius 1 is 0.625 bits per heavy atom. The van der Waals surface area contributed by atoms with Crippen LogP contribution < -0.4 is 0 Å². The third-order valence-electron chi connectivity index (χ3n) is 3.58. The van der Waals surface area contributed by atoms with E-state index in [1.165, 1.54) is 23.1 Å². The van der Waals surface area contributed by atoms with Gasteiger partial charge in [0.25, 0.3) is 0 Å². The fraction of sp³-hybridized carbons (Fsp3) is 0.500. The monoisotopic (exact) mass is 328 g/mol. The molecule has 0 aliphatic rings. The Labute approximate surface area is 152 Å². The molecule has 0 heterocycles. The fourth-order valence-corrected chi connectivity index (χ4v) is 2.18. The van der Waals surface area contributed by atoms with Crippen molar-refractivity contribution < 1.29 is 0 Å². The summed E-state index contributed by atoms with van der Waals surface area (Å²) in [4.78, 5) is 0. The number of hydrogen-bond donors (Lipinski definition) is 0. The highest BCUT2D eigenvalue weighted by Gasteiger charge is 2.22. The van der Waals surface area contributed by atoms with Crippen LogP contribution in [-0.4, -0.2) is 0 Å². The highest BCUT2D eigenvalue weighted by molar-refractivity contribution is 5.38. The van der Waals surface area contributed by atoms with Gasteiger partial charge in [0.05, 0.1) is 0 Å². The summed E-state index contributed by atoms with van der Waals surface area (Å²) >= 11 is 0. The van der Waals surface area contributed by atoms with E-state index in [0.29, 0.717) is 0 Å². The first kappa shape index (κ1) is 24.7. The van der Waals surface area contributed by atoms with E-state index in [0.717, 1.165) is 6.42 Å². The molecule has 0 heteroatoms. The molecule has 0 aliphatic carbocycles. The van der Waals surface area contributed by atoms with Crippen LogP contribution in [0, 0.1) is 0 Å². The van der Waals surface area contributed by atoms with Gasteiger partial charge >= 0.3 is 0 Å². The molecule has 0 spiro atoms. The summed E-state index contributed by atoms with van der Waals surface area (Å²) in [5, 5.41) is 0. The van der Waals surface area contributed by atoms with Gasteiger partial charge in [0, 0.05) is 5.41 Å². The van der Waals surface area contributed by atoms with Gasteiger partial charge < -0.3 is 0 Å². The number of hydrogen-bond acceptors (Lipinski definition) is 0. The van der Waals surface area contributed by atoms with Crippen molar-refractivity contribution in [3.63, 3.8) is 0 Å². The number of benzene rings is 2. The van der Waals surface area contributed by atoms with Crippen molar-refractivity contribution in [2.45, 2.75) is 80.6 Å². The average Bonchev–Trinajstić information content (AvgIpc) is 2.66. The zero-order chi connectivity index (χ0) is 19.0. The number of aryl methyl sites for hydroxylation is 1. The Hall–Kier alpha value is -1.56. The third kappa shape index (κ3) is 8.34. The van der Waals surface area contributed by atoms with Crippen LogP contribution in [0.25, 0.3) is 0 Å². The van der Waals surface area contributed by atoms with Crippen LogP contribution in [0.4, 0.5) is 0 Å². The zero-order valence-electron chi connectivity index (χ0n) is 17.6. The van der Waals surface area contributed by atoms with E-state index >= 15 is 0 Å². The largest absolute Gasteiger partial charge is 0.0683 e. The maximum absolute atomic E-state index is 2.28. The molecule has 0 aliphatic heterocycles. The van der Waals surface area contributed by atoms with E-state index < -0.39 is 0 Å². The van der Waals surface area contributed by atoms with Crippen molar-refractivity contribution >= 4 is 0 Å². The molecule has 0 aromatic heterocycles. The predicted octanol–water partition coefficient (Wildman–Crippen LogP) is 8.04. The molecule has 2 rings (SSSR count). The molecular weight excluding hydrogens is 288 g/mol. The van der Waals surface area contributed by atoms with Crippen molar-refractivity contribution in [2.75, 3.05) is 0 Å². The summed E-state index contributed by atoms with van der Waals surface area (Å²) in [5.74, 6) is 0. The third-order valence-corrected chi connectivity index (χ3v) is 3.58. The van der Waals surface area contributed by atoms with Crippen LogP contribution in [-0.2, 0) is 11.8 Å².